The molecule has 8 rings (SSSR count). The van der Waals surface area contributed by atoms with E-state index in [1.807, 2.05) is 54.6 Å². The van der Waals surface area contributed by atoms with Crippen LogP contribution in [0.3, 0.4) is 0 Å². The molecule has 3 aromatic carbocycles. The maximum atomic E-state index is 13.8. The molecule has 7 heteroatoms. The fraction of sp³-hybridized carbons (Fsp3) is 0.303. The largest absolute Gasteiger partial charge is 0.493 e. The summed E-state index contributed by atoms with van der Waals surface area (Å²) >= 11 is 0. The Morgan fingerprint density at radius 1 is 0.850 bits per heavy atom. The highest BCUT2D eigenvalue weighted by molar-refractivity contribution is 6.10. The van der Waals surface area contributed by atoms with E-state index < -0.39 is 6.04 Å². The normalized spacial score (nSPS) is 28.1. The third kappa shape index (κ3) is 4.08. The first-order chi connectivity index (χ1) is 19.5. The topological polar surface area (TPSA) is 84.9 Å². The smallest absolute Gasteiger partial charge is 0.248 e. The number of methoxy groups -OCH3 is 1. The van der Waals surface area contributed by atoms with Crippen LogP contribution < -0.4 is 14.8 Å². The Morgan fingerprint density at radius 3 is 2.08 bits per heavy atom. The maximum Gasteiger partial charge on any atom is 0.248 e. The number of nitrogens with one attached hydrogen (secondary N) is 1. The first-order valence-corrected chi connectivity index (χ1v) is 13.8. The quantitative estimate of drug-likeness (QED) is 0.322. The Hall–Kier alpha value is -4.39. The molecule has 1 aliphatic heterocycles. The van der Waals surface area contributed by atoms with E-state index >= 15 is 0 Å². The second kappa shape index (κ2) is 9.66. The summed E-state index contributed by atoms with van der Waals surface area (Å²) in [7, 11) is 1.58. The van der Waals surface area contributed by atoms with Crippen molar-refractivity contribution in [3.63, 3.8) is 0 Å². The highest BCUT2D eigenvalue weighted by atomic mass is 16.5. The molecule has 3 fully saturated rings. The predicted octanol–water partition coefficient (Wildman–Crippen LogP) is 5.09. The lowest BCUT2D eigenvalue weighted by molar-refractivity contribution is -0.146. The van der Waals surface area contributed by atoms with Gasteiger partial charge in [0.05, 0.1) is 18.9 Å². The molecular weight excluding hydrogens is 504 g/mol. The molecule has 3 aromatic rings. The molecule has 202 valence electrons. The number of hydrogen-bond donors (Lipinski definition) is 1. The number of allylic oxidation sites excluding steroid dienone is 2. The van der Waals surface area contributed by atoms with E-state index in [9.17, 15) is 14.4 Å². The van der Waals surface area contributed by atoms with Gasteiger partial charge in [-0.15, -0.1) is 0 Å². The molecule has 0 unspecified atom stereocenters. The SMILES string of the molecule is COc1ccccc1Oc1ccc(NC(=O)[C@@H](Cc2ccccc2)N2C(=O)[C@@H]3[C@@H]4C=C[C@H]([C@H]5C[C@H]45)[C@@H]3C2=O)cc1. The standard InChI is InChI=1S/C33H30N2O5/c1-39-27-9-5-6-10-28(27)40-21-13-11-20(12-14-21)34-31(36)26(17-19-7-3-2-4-8-19)35-32(37)29-22-15-16-23(25-18-24(22)25)30(29)33(35)38/h2-16,22-26,29-30H,17-18H2,1H3,(H,34,36)/t22-,23-,24-,25-,26-,29-,30+/m1/s1. The number of imide groups is 1. The minimum atomic E-state index is -0.937. The van der Waals surface area contributed by atoms with Gasteiger partial charge in [-0.1, -0.05) is 54.6 Å². The van der Waals surface area contributed by atoms with Gasteiger partial charge >= 0.3 is 0 Å². The summed E-state index contributed by atoms with van der Waals surface area (Å²) < 4.78 is 11.3. The summed E-state index contributed by atoms with van der Waals surface area (Å²) in [5.41, 5.74) is 1.44. The van der Waals surface area contributed by atoms with Crippen molar-refractivity contribution >= 4 is 23.4 Å². The number of amides is 3. The molecule has 4 aliphatic carbocycles. The molecule has 1 saturated heterocycles. The van der Waals surface area contributed by atoms with Crippen molar-refractivity contribution in [1.29, 1.82) is 0 Å². The minimum Gasteiger partial charge on any atom is -0.493 e. The highest BCUT2D eigenvalue weighted by Crippen LogP contribution is 2.65. The van der Waals surface area contributed by atoms with Crippen LogP contribution in [-0.2, 0) is 20.8 Å². The summed E-state index contributed by atoms with van der Waals surface area (Å²) in [5, 5.41) is 2.95. The van der Waals surface area contributed by atoms with Gasteiger partial charge in [0.2, 0.25) is 17.7 Å². The summed E-state index contributed by atoms with van der Waals surface area (Å²) in [4.78, 5) is 42.7. The van der Waals surface area contributed by atoms with Crippen LogP contribution in [-0.4, -0.2) is 35.8 Å². The lowest BCUT2D eigenvalue weighted by Gasteiger charge is -2.37. The second-order valence-electron chi connectivity index (χ2n) is 11.2. The van der Waals surface area contributed by atoms with Crippen LogP contribution in [0.25, 0.3) is 0 Å². The molecule has 40 heavy (non-hydrogen) atoms. The fourth-order valence-electron chi connectivity index (χ4n) is 7.09. The van der Waals surface area contributed by atoms with Crippen LogP contribution >= 0.6 is 0 Å². The van der Waals surface area contributed by atoms with Crippen molar-refractivity contribution in [2.75, 3.05) is 12.4 Å². The van der Waals surface area contributed by atoms with Crippen molar-refractivity contribution in [2.45, 2.75) is 18.9 Å². The van der Waals surface area contributed by atoms with Crippen LogP contribution in [0, 0.1) is 35.5 Å². The lowest BCUT2D eigenvalue weighted by Crippen LogP contribution is -2.49. The Kier molecular flexibility index (Phi) is 5.95. The van der Waals surface area contributed by atoms with Crippen molar-refractivity contribution in [3.8, 4) is 17.2 Å². The van der Waals surface area contributed by atoms with E-state index in [-0.39, 0.29) is 47.8 Å². The average molecular weight is 535 g/mol. The predicted molar refractivity (Wildman–Crippen MR) is 149 cm³/mol. The molecule has 7 nitrogen and oxygen atoms in total. The Labute approximate surface area is 232 Å². The van der Waals surface area contributed by atoms with Gasteiger partial charge in [0, 0.05) is 12.1 Å². The summed E-state index contributed by atoms with van der Waals surface area (Å²) in [6.07, 6.45) is 5.65. The molecule has 3 amide bonds. The van der Waals surface area contributed by atoms with Gasteiger partial charge in [-0.3, -0.25) is 19.3 Å². The Bertz CT molecular complexity index is 1460. The molecule has 7 atom stereocenters. The number of rotatable bonds is 8. The summed E-state index contributed by atoms with van der Waals surface area (Å²) in [6, 6.07) is 23.0. The van der Waals surface area contributed by atoms with Crippen LogP contribution in [0.1, 0.15) is 12.0 Å². The number of carbonyl (C=O) groups is 3. The van der Waals surface area contributed by atoms with Gasteiger partial charge in [-0.25, -0.2) is 0 Å². The molecule has 1 N–H and O–H groups in total. The van der Waals surface area contributed by atoms with Crippen molar-refractivity contribution < 1.29 is 23.9 Å². The molecule has 2 bridgehead atoms. The van der Waals surface area contributed by atoms with E-state index in [0.717, 1.165) is 12.0 Å². The zero-order valence-corrected chi connectivity index (χ0v) is 22.1. The molecule has 0 aromatic heterocycles. The Morgan fingerprint density at radius 2 is 1.45 bits per heavy atom. The monoisotopic (exact) mass is 534 g/mol. The first kappa shape index (κ1) is 24.6. The van der Waals surface area contributed by atoms with Crippen LogP contribution in [0.15, 0.2) is 91.0 Å². The number of carbonyl (C=O) groups excluding carboxylic acids is 3. The van der Waals surface area contributed by atoms with Crippen molar-refractivity contribution in [2.24, 2.45) is 35.5 Å². The zero-order chi connectivity index (χ0) is 27.4. The Balaban J connectivity index is 1.13. The number of ether oxygens (including phenoxy) is 2. The number of benzene rings is 3. The van der Waals surface area contributed by atoms with E-state index in [1.54, 1.807) is 31.4 Å². The van der Waals surface area contributed by atoms with E-state index in [1.165, 1.54) is 4.90 Å². The lowest BCUT2D eigenvalue weighted by atomic mass is 9.63. The molecule has 2 saturated carbocycles. The van der Waals surface area contributed by atoms with Gasteiger partial charge in [-0.2, -0.15) is 0 Å². The molecule has 5 aliphatic rings. The average Bonchev–Trinajstić information content (AvgIpc) is 3.77. The second-order valence-corrected chi connectivity index (χ2v) is 11.2. The van der Waals surface area contributed by atoms with Crippen LogP contribution in [0.2, 0.25) is 0 Å². The molecular formula is C33H30N2O5. The van der Waals surface area contributed by atoms with Crippen LogP contribution in [0.5, 0.6) is 17.2 Å². The van der Waals surface area contributed by atoms with Gasteiger partial charge < -0.3 is 14.8 Å². The van der Waals surface area contributed by atoms with E-state index in [0.29, 0.717) is 34.8 Å². The summed E-state index contributed by atoms with van der Waals surface area (Å²) in [5.74, 6) is 1.54. The highest BCUT2D eigenvalue weighted by Gasteiger charge is 2.67. The number of para-hydroxylation sites is 2. The van der Waals surface area contributed by atoms with E-state index in [2.05, 4.69) is 17.5 Å². The van der Waals surface area contributed by atoms with Gasteiger partial charge in [0.1, 0.15) is 11.8 Å². The van der Waals surface area contributed by atoms with Crippen LogP contribution in [0.4, 0.5) is 5.69 Å². The molecule has 0 radical (unpaired) electrons. The number of likely N-dealkylation sites (tertiary alicyclic amines) is 1. The van der Waals surface area contributed by atoms with Gasteiger partial charge in [-0.05, 0) is 72.1 Å². The van der Waals surface area contributed by atoms with Gasteiger partial charge in [0.15, 0.2) is 11.5 Å². The van der Waals surface area contributed by atoms with Crippen molar-refractivity contribution in [1.82, 2.24) is 4.90 Å². The number of nitrogens with zero attached hydrogens (tertiary/aromatic N) is 1. The third-order valence-electron chi connectivity index (χ3n) is 9.00. The molecule has 1 heterocycles. The number of anilines is 1. The van der Waals surface area contributed by atoms with Crippen molar-refractivity contribution in [3.05, 3.63) is 96.6 Å². The zero-order valence-electron chi connectivity index (χ0n) is 22.1. The number of hydrogen-bond acceptors (Lipinski definition) is 5. The first-order valence-electron chi connectivity index (χ1n) is 13.8. The fourth-order valence-corrected chi connectivity index (χ4v) is 7.09. The maximum absolute atomic E-state index is 13.8. The molecule has 0 spiro atoms. The van der Waals surface area contributed by atoms with E-state index in [4.69, 9.17) is 9.47 Å². The summed E-state index contributed by atoms with van der Waals surface area (Å²) in [6.45, 7) is 0. The third-order valence-corrected chi connectivity index (χ3v) is 9.00. The van der Waals surface area contributed by atoms with Gasteiger partial charge in [0.25, 0.3) is 0 Å². The minimum absolute atomic E-state index is 0.109.